The number of hydrogen-bond donors (Lipinski definition) is 3. The molecule has 0 saturated heterocycles. The summed E-state index contributed by atoms with van der Waals surface area (Å²) in [5.41, 5.74) is 0.353. The molecule has 1 aliphatic rings. The van der Waals surface area contributed by atoms with Crippen LogP contribution in [0.25, 0.3) is 0 Å². The Morgan fingerprint density at radius 1 is 1.39 bits per heavy atom. The van der Waals surface area contributed by atoms with E-state index in [0.29, 0.717) is 11.6 Å². The molecule has 3 N–H and O–H groups in total. The normalized spacial score (nSPS) is 23.4. The number of nitrogens with one attached hydrogen (secondary N) is 2. The summed E-state index contributed by atoms with van der Waals surface area (Å²) in [7, 11) is 1.57. The van der Waals surface area contributed by atoms with Crippen LogP contribution >= 0.6 is 0 Å². The summed E-state index contributed by atoms with van der Waals surface area (Å²) in [6, 6.07) is 1.85. The van der Waals surface area contributed by atoms with Gasteiger partial charge in [-0.3, -0.25) is 4.79 Å². The highest BCUT2D eigenvalue weighted by atomic mass is 16.3. The second-order valence-electron chi connectivity index (χ2n) is 4.49. The fourth-order valence-electron chi connectivity index (χ4n) is 2.09. The van der Waals surface area contributed by atoms with E-state index in [1.807, 2.05) is 0 Å². The van der Waals surface area contributed by atoms with Gasteiger partial charge in [0.2, 0.25) is 5.95 Å². The van der Waals surface area contributed by atoms with Crippen LogP contribution in [0.5, 0.6) is 0 Å². The Morgan fingerprint density at radius 2 is 2.11 bits per heavy atom. The summed E-state index contributed by atoms with van der Waals surface area (Å²) in [5, 5.41) is 15.2. The molecule has 0 aromatic carbocycles. The molecule has 1 aliphatic carbocycles. The highest BCUT2D eigenvalue weighted by Gasteiger charge is 2.20. The largest absolute Gasteiger partial charge is 0.393 e. The van der Waals surface area contributed by atoms with E-state index in [9.17, 15) is 9.90 Å². The zero-order valence-electron chi connectivity index (χ0n) is 10.4. The van der Waals surface area contributed by atoms with Gasteiger partial charge in [0.15, 0.2) is 0 Å². The lowest BCUT2D eigenvalue weighted by atomic mass is 9.93. The van der Waals surface area contributed by atoms with Crippen LogP contribution < -0.4 is 10.6 Å². The van der Waals surface area contributed by atoms with Crippen LogP contribution in [0, 0.1) is 0 Å². The smallest absolute Gasteiger partial charge is 0.269 e. The van der Waals surface area contributed by atoms with E-state index in [2.05, 4.69) is 20.6 Å². The first-order chi connectivity index (χ1) is 8.69. The summed E-state index contributed by atoms with van der Waals surface area (Å²) >= 11 is 0. The zero-order chi connectivity index (χ0) is 13.0. The van der Waals surface area contributed by atoms with Gasteiger partial charge in [0.25, 0.3) is 5.91 Å². The highest BCUT2D eigenvalue weighted by molar-refractivity contribution is 5.92. The Bertz CT molecular complexity index is 416. The van der Waals surface area contributed by atoms with Crippen molar-refractivity contribution in [3.63, 3.8) is 0 Å². The van der Waals surface area contributed by atoms with E-state index >= 15 is 0 Å². The van der Waals surface area contributed by atoms with Crippen molar-refractivity contribution in [2.24, 2.45) is 0 Å². The highest BCUT2D eigenvalue weighted by Crippen LogP contribution is 2.20. The average molecular weight is 250 g/mol. The number of carbonyl (C=O) groups is 1. The fourth-order valence-corrected chi connectivity index (χ4v) is 2.09. The first-order valence-corrected chi connectivity index (χ1v) is 6.19. The summed E-state index contributed by atoms with van der Waals surface area (Å²) < 4.78 is 0. The number of carbonyl (C=O) groups excluding carboxylic acids is 1. The van der Waals surface area contributed by atoms with Crippen molar-refractivity contribution < 1.29 is 9.90 Å². The van der Waals surface area contributed by atoms with Gasteiger partial charge in [0, 0.05) is 19.3 Å². The van der Waals surface area contributed by atoms with Gasteiger partial charge in [0.05, 0.1) is 6.10 Å². The molecule has 6 nitrogen and oxygen atoms in total. The third-order valence-corrected chi connectivity index (χ3v) is 3.15. The molecular formula is C12H18N4O2. The predicted molar refractivity (Wildman–Crippen MR) is 67.3 cm³/mol. The van der Waals surface area contributed by atoms with Crippen LogP contribution in [0.4, 0.5) is 5.95 Å². The molecule has 1 aromatic rings. The maximum absolute atomic E-state index is 11.4. The van der Waals surface area contributed by atoms with Crippen LogP contribution in [-0.2, 0) is 0 Å². The Hall–Kier alpha value is -1.69. The summed E-state index contributed by atoms with van der Waals surface area (Å²) in [6.07, 6.45) is 4.78. The standard InChI is InChI=1S/C12H18N4O2/c1-13-11(18)10-6-7-14-12(16-10)15-8-2-4-9(17)5-3-8/h6-9,17H,2-5H2,1H3,(H,13,18)(H,14,15,16). The molecule has 0 spiro atoms. The number of hydrogen-bond acceptors (Lipinski definition) is 5. The number of anilines is 1. The Kier molecular flexibility index (Phi) is 4.09. The van der Waals surface area contributed by atoms with E-state index in [0.717, 1.165) is 25.7 Å². The number of aliphatic hydroxyl groups excluding tert-OH is 1. The van der Waals surface area contributed by atoms with Gasteiger partial charge in [-0.1, -0.05) is 0 Å². The van der Waals surface area contributed by atoms with Gasteiger partial charge < -0.3 is 15.7 Å². The topological polar surface area (TPSA) is 87.1 Å². The Balaban J connectivity index is 1.99. The maximum Gasteiger partial charge on any atom is 0.269 e. The molecule has 0 unspecified atom stereocenters. The van der Waals surface area contributed by atoms with Crippen molar-refractivity contribution in [1.29, 1.82) is 0 Å². The van der Waals surface area contributed by atoms with Gasteiger partial charge in [-0.15, -0.1) is 0 Å². The second kappa shape index (κ2) is 5.77. The van der Waals surface area contributed by atoms with E-state index in [4.69, 9.17) is 0 Å². The number of aliphatic hydroxyl groups is 1. The number of amides is 1. The minimum absolute atomic E-state index is 0.179. The van der Waals surface area contributed by atoms with E-state index in [1.54, 1.807) is 19.3 Å². The second-order valence-corrected chi connectivity index (χ2v) is 4.49. The monoisotopic (exact) mass is 250 g/mol. The molecule has 0 atom stereocenters. The van der Waals surface area contributed by atoms with Crippen LogP contribution in [0.2, 0.25) is 0 Å². The molecule has 18 heavy (non-hydrogen) atoms. The molecule has 98 valence electrons. The van der Waals surface area contributed by atoms with Crippen LogP contribution in [0.15, 0.2) is 12.3 Å². The van der Waals surface area contributed by atoms with Crippen molar-refractivity contribution in [2.75, 3.05) is 12.4 Å². The zero-order valence-corrected chi connectivity index (χ0v) is 10.4. The number of aromatic nitrogens is 2. The lowest BCUT2D eigenvalue weighted by Gasteiger charge is -2.26. The SMILES string of the molecule is CNC(=O)c1ccnc(NC2CCC(O)CC2)n1. The number of rotatable bonds is 3. The molecule has 1 saturated carbocycles. The van der Waals surface area contributed by atoms with Crippen LogP contribution in [-0.4, -0.2) is 40.2 Å². The quantitative estimate of drug-likeness (QED) is 0.729. The molecule has 1 heterocycles. The summed E-state index contributed by atoms with van der Waals surface area (Å²) in [6.45, 7) is 0. The Labute approximate surface area is 106 Å². The minimum atomic E-state index is -0.223. The molecular weight excluding hydrogens is 232 g/mol. The molecule has 1 fully saturated rings. The van der Waals surface area contributed by atoms with Crippen molar-refractivity contribution in [2.45, 2.75) is 37.8 Å². The van der Waals surface area contributed by atoms with E-state index < -0.39 is 0 Å². The average Bonchev–Trinajstić information content (AvgIpc) is 2.41. The van der Waals surface area contributed by atoms with Crippen molar-refractivity contribution >= 4 is 11.9 Å². The van der Waals surface area contributed by atoms with Gasteiger partial charge in [-0.05, 0) is 31.7 Å². The molecule has 0 bridgehead atoms. The van der Waals surface area contributed by atoms with E-state index in [1.165, 1.54) is 0 Å². The first-order valence-electron chi connectivity index (χ1n) is 6.19. The third kappa shape index (κ3) is 3.16. The van der Waals surface area contributed by atoms with Crippen molar-refractivity contribution in [1.82, 2.24) is 15.3 Å². The van der Waals surface area contributed by atoms with Gasteiger partial charge in [-0.25, -0.2) is 9.97 Å². The summed E-state index contributed by atoms with van der Waals surface area (Å²) in [4.78, 5) is 19.7. The van der Waals surface area contributed by atoms with Crippen molar-refractivity contribution in [3.05, 3.63) is 18.0 Å². The van der Waals surface area contributed by atoms with E-state index in [-0.39, 0.29) is 18.1 Å². The first kappa shape index (κ1) is 12.8. The lowest BCUT2D eigenvalue weighted by molar-refractivity contribution is 0.0958. The van der Waals surface area contributed by atoms with Crippen LogP contribution in [0.3, 0.4) is 0 Å². The van der Waals surface area contributed by atoms with Gasteiger partial charge in [-0.2, -0.15) is 0 Å². The molecule has 0 radical (unpaired) electrons. The van der Waals surface area contributed by atoms with Crippen molar-refractivity contribution in [3.8, 4) is 0 Å². The van der Waals surface area contributed by atoms with Gasteiger partial charge >= 0.3 is 0 Å². The number of nitrogens with zero attached hydrogens (tertiary/aromatic N) is 2. The molecule has 6 heteroatoms. The predicted octanol–water partition coefficient (Wildman–Crippen LogP) is 0.552. The Morgan fingerprint density at radius 3 is 2.78 bits per heavy atom. The molecule has 1 aromatic heterocycles. The lowest BCUT2D eigenvalue weighted by Crippen LogP contribution is -2.29. The molecule has 2 rings (SSSR count). The summed E-state index contributed by atoms with van der Waals surface area (Å²) in [5.74, 6) is 0.247. The molecule has 0 aliphatic heterocycles. The third-order valence-electron chi connectivity index (χ3n) is 3.15. The molecule has 1 amide bonds. The van der Waals surface area contributed by atoms with Crippen LogP contribution in [0.1, 0.15) is 36.2 Å². The maximum atomic E-state index is 11.4. The fraction of sp³-hybridized carbons (Fsp3) is 0.583. The van der Waals surface area contributed by atoms with Gasteiger partial charge in [0.1, 0.15) is 5.69 Å². The minimum Gasteiger partial charge on any atom is -0.393 e.